The number of hydrogen-bond acceptors (Lipinski definition) is 3. The molecule has 0 N–H and O–H groups in total. The molecule has 1 fully saturated rings. The van der Waals surface area contributed by atoms with Crippen LogP contribution in [0.25, 0.3) is 0 Å². The minimum Gasteiger partial charge on any atom is -0.377 e. The zero-order valence-electron chi connectivity index (χ0n) is 13.7. The largest absolute Gasteiger partial charge is 0.377 e. The first-order valence-electron chi connectivity index (χ1n) is 7.70. The molecule has 0 aromatic carbocycles. The van der Waals surface area contributed by atoms with Crippen molar-refractivity contribution < 1.29 is 0 Å². The van der Waals surface area contributed by atoms with Crippen molar-refractivity contribution in [3.05, 3.63) is 12.3 Å². The van der Waals surface area contributed by atoms with Crippen LogP contribution in [0.4, 0.5) is 0 Å². The number of nitrogens with zero attached hydrogens (tertiary/aromatic N) is 3. The Bertz CT molecular complexity index is 280. The summed E-state index contributed by atoms with van der Waals surface area (Å²) < 4.78 is 0. The monoisotopic (exact) mass is 267 g/mol. The summed E-state index contributed by atoms with van der Waals surface area (Å²) in [5.41, 5.74) is 1.54. The number of hydrogen-bond donors (Lipinski definition) is 0. The van der Waals surface area contributed by atoms with Crippen LogP contribution in [0, 0.1) is 0 Å². The van der Waals surface area contributed by atoms with E-state index in [0.29, 0.717) is 0 Å². The van der Waals surface area contributed by atoms with Crippen LogP contribution in [-0.4, -0.2) is 68.1 Å². The zero-order valence-corrected chi connectivity index (χ0v) is 13.7. The molecule has 0 saturated heterocycles. The molecule has 112 valence electrons. The SMILES string of the molecule is C=C(N(C)CCC)C1(N(C)CCN(C)C)CCCC1. The Morgan fingerprint density at radius 1 is 1.00 bits per heavy atom. The molecule has 0 bridgehead atoms. The average molecular weight is 267 g/mol. The van der Waals surface area contributed by atoms with E-state index >= 15 is 0 Å². The smallest absolute Gasteiger partial charge is 0.0601 e. The molecule has 3 nitrogen and oxygen atoms in total. The van der Waals surface area contributed by atoms with E-state index in [4.69, 9.17) is 0 Å². The molecule has 0 atom stereocenters. The highest BCUT2D eigenvalue weighted by molar-refractivity contribution is 5.18. The second-order valence-corrected chi connectivity index (χ2v) is 6.33. The van der Waals surface area contributed by atoms with E-state index in [2.05, 4.69) is 56.4 Å². The van der Waals surface area contributed by atoms with Gasteiger partial charge in [-0.2, -0.15) is 0 Å². The first-order chi connectivity index (χ1) is 8.94. The zero-order chi connectivity index (χ0) is 14.5. The van der Waals surface area contributed by atoms with Gasteiger partial charge in [0.2, 0.25) is 0 Å². The van der Waals surface area contributed by atoms with Gasteiger partial charge in [0.15, 0.2) is 0 Å². The Labute approximate surface area is 120 Å². The minimum absolute atomic E-state index is 0.208. The fourth-order valence-electron chi connectivity index (χ4n) is 3.24. The molecule has 1 saturated carbocycles. The lowest BCUT2D eigenvalue weighted by Crippen LogP contribution is -2.51. The first kappa shape index (κ1) is 16.5. The van der Waals surface area contributed by atoms with Crippen molar-refractivity contribution in [2.24, 2.45) is 0 Å². The van der Waals surface area contributed by atoms with Gasteiger partial charge in [0.25, 0.3) is 0 Å². The third-order valence-corrected chi connectivity index (χ3v) is 4.60. The maximum absolute atomic E-state index is 4.45. The second-order valence-electron chi connectivity index (χ2n) is 6.33. The Balaban J connectivity index is 2.75. The van der Waals surface area contributed by atoms with Crippen LogP contribution in [0.1, 0.15) is 39.0 Å². The Morgan fingerprint density at radius 3 is 2.05 bits per heavy atom. The van der Waals surface area contributed by atoms with Crippen LogP contribution >= 0.6 is 0 Å². The number of rotatable bonds is 8. The van der Waals surface area contributed by atoms with Gasteiger partial charge in [0.1, 0.15) is 0 Å². The fraction of sp³-hybridized carbons (Fsp3) is 0.875. The summed E-state index contributed by atoms with van der Waals surface area (Å²) in [7, 11) is 8.77. The van der Waals surface area contributed by atoms with Crippen LogP contribution in [0.5, 0.6) is 0 Å². The quantitative estimate of drug-likeness (QED) is 0.669. The average Bonchev–Trinajstić information content (AvgIpc) is 2.85. The highest BCUT2D eigenvalue weighted by Gasteiger charge is 2.41. The van der Waals surface area contributed by atoms with Crippen molar-refractivity contribution in [3.8, 4) is 0 Å². The molecule has 0 aromatic heterocycles. The lowest BCUT2D eigenvalue weighted by molar-refractivity contribution is 0.118. The molecular weight excluding hydrogens is 234 g/mol. The maximum atomic E-state index is 4.45. The van der Waals surface area contributed by atoms with Crippen molar-refractivity contribution in [2.75, 3.05) is 47.8 Å². The molecule has 0 aromatic rings. The molecule has 1 aliphatic carbocycles. The van der Waals surface area contributed by atoms with Crippen molar-refractivity contribution >= 4 is 0 Å². The normalized spacial score (nSPS) is 18.3. The fourth-order valence-corrected chi connectivity index (χ4v) is 3.24. The lowest BCUT2D eigenvalue weighted by atomic mass is 9.90. The van der Waals surface area contributed by atoms with Crippen LogP contribution in [-0.2, 0) is 0 Å². The first-order valence-corrected chi connectivity index (χ1v) is 7.70. The third kappa shape index (κ3) is 3.96. The number of likely N-dealkylation sites (N-methyl/N-ethyl adjacent to an activating group) is 3. The summed E-state index contributed by atoms with van der Waals surface area (Å²) in [5, 5.41) is 0. The van der Waals surface area contributed by atoms with E-state index in [1.807, 2.05) is 0 Å². The molecule has 0 amide bonds. The molecule has 0 heterocycles. The third-order valence-electron chi connectivity index (χ3n) is 4.60. The predicted molar refractivity (Wildman–Crippen MR) is 84.4 cm³/mol. The van der Waals surface area contributed by atoms with E-state index in [-0.39, 0.29) is 5.54 Å². The summed E-state index contributed by atoms with van der Waals surface area (Å²) in [6.45, 7) is 10.0. The summed E-state index contributed by atoms with van der Waals surface area (Å²) in [4.78, 5) is 7.18. The summed E-state index contributed by atoms with van der Waals surface area (Å²) in [6.07, 6.45) is 6.40. The van der Waals surface area contributed by atoms with Gasteiger partial charge in [-0.05, 0) is 40.4 Å². The lowest BCUT2D eigenvalue weighted by Gasteiger charge is -2.44. The standard InChI is InChI=1S/C16H33N3/c1-7-12-18(5)15(2)16(10-8-9-11-16)19(6)14-13-17(3)4/h2,7-14H2,1,3-6H3. The molecule has 0 aliphatic heterocycles. The molecule has 0 radical (unpaired) electrons. The molecular formula is C16H33N3. The minimum atomic E-state index is 0.208. The van der Waals surface area contributed by atoms with Gasteiger partial charge >= 0.3 is 0 Å². The van der Waals surface area contributed by atoms with Crippen LogP contribution < -0.4 is 0 Å². The van der Waals surface area contributed by atoms with Crippen molar-refractivity contribution in [2.45, 2.75) is 44.6 Å². The van der Waals surface area contributed by atoms with Gasteiger partial charge in [-0.3, -0.25) is 4.90 Å². The van der Waals surface area contributed by atoms with Crippen molar-refractivity contribution in [1.82, 2.24) is 14.7 Å². The van der Waals surface area contributed by atoms with Gasteiger partial charge in [0, 0.05) is 32.4 Å². The molecule has 3 heteroatoms. The van der Waals surface area contributed by atoms with Gasteiger partial charge in [-0.15, -0.1) is 0 Å². The highest BCUT2D eigenvalue weighted by atomic mass is 15.3. The molecule has 19 heavy (non-hydrogen) atoms. The van der Waals surface area contributed by atoms with Crippen LogP contribution in [0.3, 0.4) is 0 Å². The Kier molecular flexibility index (Phi) is 6.34. The molecule has 0 spiro atoms. The predicted octanol–water partition coefficient (Wildman–Crippen LogP) is 2.65. The summed E-state index contributed by atoms with van der Waals surface area (Å²) >= 11 is 0. The summed E-state index contributed by atoms with van der Waals surface area (Å²) in [5.74, 6) is 0. The van der Waals surface area contributed by atoms with E-state index in [0.717, 1.165) is 19.6 Å². The molecule has 1 aliphatic rings. The van der Waals surface area contributed by atoms with Crippen LogP contribution in [0.2, 0.25) is 0 Å². The van der Waals surface area contributed by atoms with E-state index < -0.39 is 0 Å². The van der Waals surface area contributed by atoms with E-state index in [1.54, 1.807) is 0 Å². The topological polar surface area (TPSA) is 9.72 Å². The molecule has 1 rings (SSSR count). The maximum Gasteiger partial charge on any atom is 0.0601 e. The summed E-state index contributed by atoms with van der Waals surface area (Å²) in [6, 6.07) is 0. The Morgan fingerprint density at radius 2 is 1.58 bits per heavy atom. The second kappa shape index (κ2) is 7.30. The Hall–Kier alpha value is -0.540. The van der Waals surface area contributed by atoms with E-state index in [1.165, 1.54) is 37.8 Å². The van der Waals surface area contributed by atoms with Gasteiger partial charge in [0.05, 0.1) is 5.54 Å². The van der Waals surface area contributed by atoms with Gasteiger partial charge in [-0.25, -0.2) is 0 Å². The van der Waals surface area contributed by atoms with E-state index in [9.17, 15) is 0 Å². The molecule has 0 unspecified atom stereocenters. The van der Waals surface area contributed by atoms with Gasteiger partial charge in [-0.1, -0.05) is 26.3 Å². The van der Waals surface area contributed by atoms with Crippen molar-refractivity contribution in [3.63, 3.8) is 0 Å². The van der Waals surface area contributed by atoms with Crippen molar-refractivity contribution in [1.29, 1.82) is 0 Å². The van der Waals surface area contributed by atoms with Gasteiger partial charge < -0.3 is 9.80 Å². The highest BCUT2D eigenvalue weighted by Crippen LogP contribution is 2.40. The van der Waals surface area contributed by atoms with Crippen LogP contribution in [0.15, 0.2) is 12.3 Å².